The van der Waals surface area contributed by atoms with Gasteiger partial charge in [-0.3, -0.25) is 9.89 Å². The first-order valence-corrected chi connectivity index (χ1v) is 10.5. The molecule has 0 spiro atoms. The van der Waals surface area contributed by atoms with Crippen LogP contribution in [0.2, 0.25) is 0 Å². The van der Waals surface area contributed by atoms with Crippen LogP contribution in [0, 0.1) is 12.8 Å². The van der Waals surface area contributed by atoms with E-state index in [1.807, 2.05) is 6.07 Å². The molecule has 1 aliphatic heterocycles. The van der Waals surface area contributed by atoms with E-state index in [1.165, 1.54) is 11.1 Å². The topological polar surface area (TPSA) is 58.6 Å². The van der Waals surface area contributed by atoms with Crippen LogP contribution in [0.15, 0.2) is 17.1 Å². The Morgan fingerprint density at radius 2 is 1.90 bits per heavy atom. The molecule has 0 saturated carbocycles. The van der Waals surface area contributed by atoms with Crippen LogP contribution in [-0.4, -0.2) is 83.0 Å². The highest BCUT2D eigenvalue weighted by Crippen LogP contribution is 2.30. The Kier molecular flexibility index (Phi) is 9.54. The molecule has 1 aliphatic rings. The minimum absolute atomic E-state index is 0.498. The molecule has 1 aromatic rings. The summed E-state index contributed by atoms with van der Waals surface area (Å²) in [6.45, 7) is 13.6. The molecule has 1 saturated heterocycles. The zero-order chi connectivity index (χ0) is 21.2. The van der Waals surface area contributed by atoms with Crippen LogP contribution in [0.25, 0.3) is 0 Å². The summed E-state index contributed by atoms with van der Waals surface area (Å²) in [6.07, 6.45) is 0. The van der Waals surface area contributed by atoms with Crippen LogP contribution >= 0.6 is 0 Å². The molecule has 1 N–H and O–H groups in total. The van der Waals surface area contributed by atoms with E-state index in [4.69, 9.17) is 19.2 Å². The van der Waals surface area contributed by atoms with E-state index >= 15 is 0 Å². The van der Waals surface area contributed by atoms with E-state index in [0.717, 1.165) is 69.9 Å². The summed E-state index contributed by atoms with van der Waals surface area (Å²) in [5.74, 6) is 2.94. The minimum Gasteiger partial charge on any atom is -0.493 e. The zero-order valence-electron chi connectivity index (χ0n) is 19.0. The largest absolute Gasteiger partial charge is 0.493 e. The van der Waals surface area contributed by atoms with Crippen LogP contribution in [0.5, 0.6) is 11.5 Å². The number of hydrogen-bond donors (Lipinski definition) is 1. The Morgan fingerprint density at radius 3 is 2.52 bits per heavy atom. The van der Waals surface area contributed by atoms with Crippen molar-refractivity contribution in [2.24, 2.45) is 10.9 Å². The Balaban J connectivity index is 2.02. The van der Waals surface area contributed by atoms with Crippen LogP contribution in [0.1, 0.15) is 25.0 Å². The van der Waals surface area contributed by atoms with E-state index in [-0.39, 0.29) is 0 Å². The van der Waals surface area contributed by atoms with Gasteiger partial charge >= 0.3 is 0 Å². The summed E-state index contributed by atoms with van der Waals surface area (Å²) < 4.78 is 16.3. The van der Waals surface area contributed by atoms with Gasteiger partial charge in [0.05, 0.1) is 27.4 Å². The average Bonchev–Trinajstić information content (AvgIpc) is 2.72. The monoisotopic (exact) mass is 406 g/mol. The molecule has 1 unspecified atom stereocenters. The zero-order valence-corrected chi connectivity index (χ0v) is 19.0. The van der Waals surface area contributed by atoms with Gasteiger partial charge in [0.2, 0.25) is 0 Å². The molecule has 0 radical (unpaired) electrons. The second-order valence-corrected chi connectivity index (χ2v) is 7.70. The smallest absolute Gasteiger partial charge is 0.193 e. The van der Waals surface area contributed by atoms with E-state index in [1.54, 1.807) is 14.2 Å². The molecular weight excluding hydrogens is 368 g/mol. The number of nitrogens with zero attached hydrogens (tertiary/aromatic N) is 3. The summed E-state index contributed by atoms with van der Waals surface area (Å²) in [5, 5.41) is 3.42. The third-order valence-corrected chi connectivity index (χ3v) is 5.17. The second kappa shape index (κ2) is 11.9. The van der Waals surface area contributed by atoms with E-state index < -0.39 is 0 Å². The lowest BCUT2D eigenvalue weighted by Gasteiger charge is -2.29. The van der Waals surface area contributed by atoms with E-state index in [0.29, 0.717) is 5.92 Å². The Labute approximate surface area is 176 Å². The Hall–Kier alpha value is -1.99. The SMILES string of the molecule is CCNC(=NCC(C)CN1CCOCC1)N(C)Cc1cc(OC)c(OC)cc1C. The molecule has 164 valence electrons. The van der Waals surface area contributed by atoms with Gasteiger partial charge in [0.1, 0.15) is 0 Å². The Bertz CT molecular complexity index is 660. The summed E-state index contributed by atoms with van der Waals surface area (Å²) in [6, 6.07) is 4.08. The third-order valence-electron chi connectivity index (χ3n) is 5.17. The number of benzene rings is 1. The average molecular weight is 407 g/mol. The molecule has 1 fully saturated rings. The van der Waals surface area contributed by atoms with Gasteiger partial charge in [-0.05, 0) is 43.0 Å². The van der Waals surface area contributed by atoms with Crippen molar-refractivity contribution in [3.8, 4) is 11.5 Å². The first-order valence-electron chi connectivity index (χ1n) is 10.5. The maximum absolute atomic E-state index is 5.47. The molecule has 0 aromatic heterocycles. The number of aliphatic imine (C=N–C) groups is 1. The summed E-state index contributed by atoms with van der Waals surface area (Å²) in [4.78, 5) is 9.53. The fourth-order valence-electron chi connectivity index (χ4n) is 3.52. The maximum atomic E-state index is 5.47. The molecule has 0 aliphatic carbocycles. The van der Waals surface area contributed by atoms with Crippen LogP contribution in [0.3, 0.4) is 0 Å². The van der Waals surface area contributed by atoms with Gasteiger partial charge < -0.3 is 24.4 Å². The van der Waals surface area contributed by atoms with Gasteiger partial charge in [-0.25, -0.2) is 0 Å². The van der Waals surface area contributed by atoms with Crippen molar-refractivity contribution in [2.45, 2.75) is 27.3 Å². The van der Waals surface area contributed by atoms with Crippen molar-refractivity contribution in [3.63, 3.8) is 0 Å². The molecular formula is C22H38N4O3. The first kappa shape index (κ1) is 23.3. The highest BCUT2D eigenvalue weighted by Gasteiger charge is 2.15. The number of rotatable bonds is 9. The molecule has 0 bridgehead atoms. The van der Waals surface area contributed by atoms with Crippen LogP contribution in [0.4, 0.5) is 0 Å². The minimum atomic E-state index is 0.498. The summed E-state index contributed by atoms with van der Waals surface area (Å²) in [7, 11) is 5.41. The van der Waals surface area contributed by atoms with Gasteiger partial charge in [-0.15, -0.1) is 0 Å². The number of ether oxygens (including phenoxy) is 3. The molecule has 1 atom stereocenters. The van der Waals surface area contributed by atoms with Crippen LogP contribution < -0.4 is 14.8 Å². The van der Waals surface area contributed by atoms with Gasteiger partial charge in [-0.2, -0.15) is 0 Å². The fraction of sp³-hybridized carbons (Fsp3) is 0.682. The quantitative estimate of drug-likeness (QED) is 0.502. The van der Waals surface area contributed by atoms with Crippen LogP contribution in [-0.2, 0) is 11.3 Å². The summed E-state index contributed by atoms with van der Waals surface area (Å²) >= 11 is 0. The van der Waals surface area contributed by atoms with Gasteiger partial charge in [0, 0.05) is 46.3 Å². The molecule has 0 amide bonds. The predicted molar refractivity (Wildman–Crippen MR) is 118 cm³/mol. The molecule has 1 aromatic carbocycles. The maximum Gasteiger partial charge on any atom is 0.193 e. The number of nitrogens with one attached hydrogen (secondary N) is 1. The highest BCUT2D eigenvalue weighted by atomic mass is 16.5. The van der Waals surface area contributed by atoms with Gasteiger partial charge in [0.15, 0.2) is 17.5 Å². The normalized spacial score (nSPS) is 16.4. The fourth-order valence-corrected chi connectivity index (χ4v) is 3.52. The lowest BCUT2D eigenvalue weighted by molar-refractivity contribution is 0.0323. The van der Waals surface area contributed by atoms with Crippen molar-refractivity contribution in [1.29, 1.82) is 0 Å². The van der Waals surface area contributed by atoms with Crippen molar-refractivity contribution >= 4 is 5.96 Å². The van der Waals surface area contributed by atoms with Crippen molar-refractivity contribution in [1.82, 2.24) is 15.1 Å². The Morgan fingerprint density at radius 1 is 1.24 bits per heavy atom. The number of guanidine groups is 1. The van der Waals surface area contributed by atoms with Crippen molar-refractivity contribution in [3.05, 3.63) is 23.3 Å². The second-order valence-electron chi connectivity index (χ2n) is 7.70. The molecule has 7 heteroatoms. The number of morpholine rings is 1. The third kappa shape index (κ3) is 7.08. The van der Waals surface area contributed by atoms with E-state index in [9.17, 15) is 0 Å². The van der Waals surface area contributed by atoms with Crippen molar-refractivity contribution in [2.75, 3.05) is 67.2 Å². The summed E-state index contributed by atoms with van der Waals surface area (Å²) in [5.41, 5.74) is 2.36. The lowest BCUT2D eigenvalue weighted by Crippen LogP contribution is -2.41. The first-order chi connectivity index (χ1) is 14.0. The molecule has 2 rings (SSSR count). The number of aryl methyl sites for hydroxylation is 1. The highest BCUT2D eigenvalue weighted by molar-refractivity contribution is 5.79. The van der Waals surface area contributed by atoms with E-state index in [2.05, 4.69) is 49.0 Å². The lowest BCUT2D eigenvalue weighted by atomic mass is 10.1. The van der Waals surface area contributed by atoms with Gasteiger partial charge in [0.25, 0.3) is 0 Å². The van der Waals surface area contributed by atoms with Gasteiger partial charge in [-0.1, -0.05) is 6.92 Å². The molecule has 1 heterocycles. The van der Waals surface area contributed by atoms with Crippen molar-refractivity contribution < 1.29 is 14.2 Å². The number of hydrogen-bond acceptors (Lipinski definition) is 5. The number of methoxy groups -OCH3 is 2. The molecule has 7 nitrogen and oxygen atoms in total. The predicted octanol–water partition coefficient (Wildman–Crippen LogP) is 2.38. The standard InChI is InChI=1S/C22H38N4O3/c1-7-23-22(24-14-17(2)15-26-8-10-29-11-9-26)25(4)16-19-13-21(28-6)20(27-5)12-18(19)3/h12-13,17H,7-11,14-16H2,1-6H3,(H,23,24). The molecule has 29 heavy (non-hydrogen) atoms.